The second-order valence-electron chi connectivity index (χ2n) is 3.70. The number of para-hydroxylation sites is 2. The van der Waals surface area contributed by atoms with E-state index in [1.54, 1.807) is 6.92 Å². The van der Waals surface area contributed by atoms with E-state index < -0.39 is 11.2 Å². The summed E-state index contributed by atoms with van der Waals surface area (Å²) in [5.41, 5.74) is 2.39. The van der Waals surface area contributed by atoms with Crippen LogP contribution < -0.4 is 0 Å². The smallest absolute Gasteiger partial charge is 0.316 e. The number of thioether (sulfide) groups is 1. The average molecular weight is 248 g/mol. The van der Waals surface area contributed by atoms with Crippen LogP contribution in [0.4, 0.5) is 0 Å². The highest BCUT2D eigenvalue weighted by atomic mass is 32.2. The Balaban J connectivity index is 2.40. The highest BCUT2D eigenvalue weighted by molar-refractivity contribution is 8.00. The summed E-state index contributed by atoms with van der Waals surface area (Å²) >= 11 is 1.22. The molecule has 1 heterocycles. The molecule has 17 heavy (non-hydrogen) atoms. The molecular formula is C12H12N2O2S. The van der Waals surface area contributed by atoms with E-state index in [9.17, 15) is 4.79 Å². The van der Waals surface area contributed by atoms with E-state index in [0.29, 0.717) is 5.03 Å². The van der Waals surface area contributed by atoms with Crippen LogP contribution in [0.1, 0.15) is 12.6 Å². The Morgan fingerprint density at radius 1 is 1.29 bits per heavy atom. The number of hydrogen-bond donors (Lipinski definition) is 1. The van der Waals surface area contributed by atoms with Crippen molar-refractivity contribution in [1.29, 1.82) is 0 Å². The van der Waals surface area contributed by atoms with Crippen LogP contribution in [0, 0.1) is 6.92 Å². The van der Waals surface area contributed by atoms with Crippen molar-refractivity contribution in [2.45, 2.75) is 24.1 Å². The van der Waals surface area contributed by atoms with Crippen molar-refractivity contribution in [3.8, 4) is 0 Å². The fourth-order valence-corrected chi connectivity index (χ4v) is 2.20. The Morgan fingerprint density at radius 3 is 2.47 bits per heavy atom. The van der Waals surface area contributed by atoms with Crippen molar-refractivity contribution in [2.24, 2.45) is 0 Å². The molecule has 0 saturated carbocycles. The number of aliphatic carboxylic acids is 1. The van der Waals surface area contributed by atoms with Crippen LogP contribution >= 0.6 is 11.8 Å². The van der Waals surface area contributed by atoms with E-state index >= 15 is 0 Å². The first-order chi connectivity index (χ1) is 8.08. The summed E-state index contributed by atoms with van der Waals surface area (Å²) in [6, 6.07) is 7.56. The third kappa shape index (κ3) is 2.55. The van der Waals surface area contributed by atoms with Gasteiger partial charge in [0.15, 0.2) is 0 Å². The van der Waals surface area contributed by atoms with Crippen LogP contribution in [0.25, 0.3) is 11.0 Å². The lowest BCUT2D eigenvalue weighted by Gasteiger charge is -2.08. The number of carboxylic acid groups (broad SMARTS) is 1. The molecule has 0 saturated heterocycles. The molecule has 1 N–H and O–H groups in total. The van der Waals surface area contributed by atoms with Gasteiger partial charge in [-0.1, -0.05) is 23.9 Å². The number of aromatic nitrogens is 2. The molecule has 0 spiro atoms. The van der Waals surface area contributed by atoms with Crippen molar-refractivity contribution in [1.82, 2.24) is 9.97 Å². The van der Waals surface area contributed by atoms with Crippen LogP contribution in [0.3, 0.4) is 0 Å². The quantitative estimate of drug-likeness (QED) is 0.845. The summed E-state index contributed by atoms with van der Waals surface area (Å²) in [5, 5.41) is 9.03. The third-order valence-corrected chi connectivity index (χ3v) is 3.50. The van der Waals surface area contributed by atoms with Gasteiger partial charge in [0, 0.05) is 0 Å². The van der Waals surface area contributed by atoms with Crippen molar-refractivity contribution < 1.29 is 9.90 Å². The number of fused-ring (bicyclic) bond motifs is 1. The topological polar surface area (TPSA) is 63.1 Å². The molecule has 5 heteroatoms. The molecule has 0 aliphatic rings. The van der Waals surface area contributed by atoms with Crippen molar-refractivity contribution in [3.05, 3.63) is 30.0 Å². The average Bonchev–Trinajstić information content (AvgIpc) is 2.29. The summed E-state index contributed by atoms with van der Waals surface area (Å²) in [7, 11) is 0. The molecule has 0 aliphatic heterocycles. The first kappa shape index (κ1) is 11.9. The zero-order valence-electron chi connectivity index (χ0n) is 9.54. The number of rotatable bonds is 3. The molecule has 0 aliphatic carbocycles. The molecule has 0 bridgehead atoms. The molecule has 2 aromatic rings. The SMILES string of the molecule is Cc1nc2ccccc2nc1SC(C)C(=O)O. The van der Waals surface area contributed by atoms with Crippen LogP contribution in [-0.4, -0.2) is 26.3 Å². The van der Waals surface area contributed by atoms with Gasteiger partial charge < -0.3 is 5.11 Å². The Labute approximate surface area is 103 Å². The second-order valence-corrected chi connectivity index (χ2v) is 5.03. The van der Waals surface area contributed by atoms with E-state index in [1.807, 2.05) is 31.2 Å². The van der Waals surface area contributed by atoms with Gasteiger partial charge in [-0.05, 0) is 26.0 Å². The lowest BCUT2D eigenvalue weighted by molar-refractivity contribution is -0.136. The Hall–Kier alpha value is -1.62. The molecule has 1 aromatic carbocycles. The van der Waals surface area contributed by atoms with Crippen LogP contribution in [0.2, 0.25) is 0 Å². The number of carbonyl (C=O) groups is 1. The van der Waals surface area contributed by atoms with Gasteiger partial charge in [-0.3, -0.25) is 4.79 Å². The highest BCUT2D eigenvalue weighted by Gasteiger charge is 2.15. The molecule has 88 valence electrons. The molecule has 1 aromatic heterocycles. The van der Waals surface area contributed by atoms with Crippen molar-refractivity contribution in [3.63, 3.8) is 0 Å². The Kier molecular flexibility index (Phi) is 3.28. The van der Waals surface area contributed by atoms with Gasteiger partial charge in [-0.15, -0.1) is 0 Å². The van der Waals surface area contributed by atoms with Gasteiger partial charge in [0.05, 0.1) is 16.7 Å². The largest absolute Gasteiger partial charge is 0.480 e. The Morgan fingerprint density at radius 2 is 1.88 bits per heavy atom. The van der Waals surface area contributed by atoms with Crippen molar-refractivity contribution in [2.75, 3.05) is 0 Å². The zero-order chi connectivity index (χ0) is 12.4. The van der Waals surface area contributed by atoms with E-state index in [4.69, 9.17) is 5.11 Å². The van der Waals surface area contributed by atoms with E-state index in [0.717, 1.165) is 16.7 Å². The minimum Gasteiger partial charge on any atom is -0.480 e. The van der Waals surface area contributed by atoms with Gasteiger partial charge in [0.25, 0.3) is 0 Å². The zero-order valence-corrected chi connectivity index (χ0v) is 10.4. The minimum absolute atomic E-state index is 0.524. The van der Waals surface area contributed by atoms with Gasteiger partial charge in [0.2, 0.25) is 0 Å². The first-order valence-electron chi connectivity index (χ1n) is 5.21. The maximum Gasteiger partial charge on any atom is 0.316 e. The van der Waals surface area contributed by atoms with E-state index in [-0.39, 0.29) is 0 Å². The fourth-order valence-electron chi connectivity index (χ4n) is 1.40. The monoisotopic (exact) mass is 248 g/mol. The molecule has 1 atom stereocenters. The highest BCUT2D eigenvalue weighted by Crippen LogP contribution is 2.25. The van der Waals surface area contributed by atoms with Crippen LogP contribution in [0.5, 0.6) is 0 Å². The number of benzene rings is 1. The maximum atomic E-state index is 10.8. The predicted molar refractivity (Wildman–Crippen MR) is 67.2 cm³/mol. The lowest BCUT2D eigenvalue weighted by Crippen LogP contribution is -2.12. The van der Waals surface area contributed by atoms with E-state index in [2.05, 4.69) is 9.97 Å². The van der Waals surface area contributed by atoms with Gasteiger partial charge in [-0.2, -0.15) is 0 Å². The molecule has 2 rings (SSSR count). The molecule has 4 nitrogen and oxygen atoms in total. The van der Waals surface area contributed by atoms with E-state index in [1.165, 1.54) is 11.8 Å². The normalized spacial score (nSPS) is 12.6. The summed E-state index contributed by atoms with van der Waals surface area (Å²) in [6.45, 7) is 3.49. The summed E-state index contributed by atoms with van der Waals surface area (Å²) in [4.78, 5) is 19.7. The molecular weight excluding hydrogens is 236 g/mol. The van der Waals surface area contributed by atoms with Gasteiger partial charge >= 0.3 is 5.97 Å². The van der Waals surface area contributed by atoms with Gasteiger partial charge in [-0.25, -0.2) is 9.97 Å². The molecule has 0 radical (unpaired) electrons. The summed E-state index contributed by atoms with van der Waals surface area (Å²) < 4.78 is 0. The molecule has 0 amide bonds. The van der Waals surface area contributed by atoms with Crippen molar-refractivity contribution >= 4 is 28.8 Å². The second kappa shape index (κ2) is 4.71. The van der Waals surface area contributed by atoms with Crippen LogP contribution in [-0.2, 0) is 4.79 Å². The molecule has 0 fully saturated rings. The van der Waals surface area contributed by atoms with Crippen LogP contribution in [0.15, 0.2) is 29.3 Å². The number of aryl methyl sites for hydroxylation is 1. The summed E-state index contributed by atoms with van der Waals surface area (Å²) in [5.74, 6) is -0.843. The number of carboxylic acids is 1. The minimum atomic E-state index is -0.843. The third-order valence-electron chi connectivity index (χ3n) is 2.34. The standard InChI is InChI=1S/C12H12N2O2S/c1-7-11(17-8(2)12(15)16)14-10-6-4-3-5-9(10)13-7/h3-6,8H,1-2H3,(H,15,16). The molecule has 1 unspecified atom stereocenters. The first-order valence-corrected chi connectivity index (χ1v) is 6.09. The van der Waals surface area contributed by atoms with Gasteiger partial charge in [0.1, 0.15) is 10.3 Å². The fraction of sp³-hybridized carbons (Fsp3) is 0.250. The number of nitrogens with zero attached hydrogens (tertiary/aromatic N) is 2. The lowest BCUT2D eigenvalue weighted by atomic mass is 10.3. The summed E-state index contributed by atoms with van der Waals surface area (Å²) in [6.07, 6.45) is 0. The predicted octanol–water partition coefficient (Wildman–Crippen LogP) is 2.50. The maximum absolute atomic E-state index is 10.8. The Bertz CT molecular complexity index is 571. The number of hydrogen-bond acceptors (Lipinski definition) is 4.